The number of nitrogens with one attached hydrogen (secondary N) is 2. The van der Waals surface area contributed by atoms with Crippen LogP contribution in [0.2, 0.25) is 0 Å². The van der Waals surface area contributed by atoms with Crippen LogP contribution in [0.4, 0.5) is 4.79 Å². The van der Waals surface area contributed by atoms with Crippen LogP contribution in [0, 0.1) is 0 Å². The minimum absolute atomic E-state index is 0.00631. The zero-order valence-corrected chi connectivity index (χ0v) is 14.2. The fraction of sp³-hybridized carbons (Fsp3) is 0.733. The van der Waals surface area contributed by atoms with E-state index in [9.17, 15) is 4.79 Å². The molecule has 2 N–H and O–H groups in total. The molecule has 1 fully saturated rings. The van der Waals surface area contributed by atoms with Crippen molar-refractivity contribution < 1.29 is 9.53 Å². The molecule has 1 aromatic rings. The predicted octanol–water partition coefficient (Wildman–Crippen LogP) is 2.00. The second-order valence-corrected chi connectivity index (χ2v) is 6.51. The van der Waals surface area contributed by atoms with Crippen LogP contribution < -0.4 is 10.6 Å². The molecule has 0 radical (unpaired) electrons. The minimum atomic E-state index is -0.0966. The number of hydrogen-bond donors (Lipinski definition) is 2. The van der Waals surface area contributed by atoms with Gasteiger partial charge in [0.05, 0.1) is 12.6 Å². The molecule has 2 amide bonds. The van der Waals surface area contributed by atoms with Crippen LogP contribution in [0.3, 0.4) is 0 Å². The second kappa shape index (κ2) is 9.07. The van der Waals surface area contributed by atoms with Gasteiger partial charge < -0.3 is 15.4 Å². The molecule has 0 aromatic carbocycles. The van der Waals surface area contributed by atoms with E-state index in [-0.39, 0.29) is 18.1 Å². The van der Waals surface area contributed by atoms with Gasteiger partial charge in [-0.2, -0.15) is 0 Å². The van der Waals surface area contributed by atoms with Gasteiger partial charge >= 0.3 is 6.03 Å². The molecule has 22 heavy (non-hydrogen) atoms. The van der Waals surface area contributed by atoms with Gasteiger partial charge in [0.25, 0.3) is 0 Å². The molecule has 2 unspecified atom stereocenters. The molecule has 0 spiro atoms. The molecule has 0 saturated carbocycles. The highest BCUT2D eigenvalue weighted by atomic mass is 32.1. The summed E-state index contributed by atoms with van der Waals surface area (Å²) in [5.41, 5.74) is 0. The third kappa shape index (κ3) is 5.23. The fourth-order valence-corrected chi connectivity index (χ4v) is 3.50. The maximum absolute atomic E-state index is 12.2. The van der Waals surface area contributed by atoms with Gasteiger partial charge in [0.1, 0.15) is 5.01 Å². The molecular weight excluding hydrogens is 300 g/mol. The topological polar surface area (TPSA) is 66.5 Å². The van der Waals surface area contributed by atoms with Crippen LogP contribution in [0.25, 0.3) is 0 Å². The molecule has 2 heterocycles. The lowest BCUT2D eigenvalue weighted by Crippen LogP contribution is -2.51. The molecule has 1 aliphatic heterocycles. The number of rotatable bonds is 7. The Kier molecular flexibility index (Phi) is 7.08. The Bertz CT molecular complexity index is 441. The lowest BCUT2D eigenvalue weighted by molar-refractivity contribution is 0.123. The van der Waals surface area contributed by atoms with Crippen molar-refractivity contribution >= 4 is 17.4 Å². The first-order valence-corrected chi connectivity index (χ1v) is 8.78. The Balaban J connectivity index is 1.78. The zero-order chi connectivity index (χ0) is 15.8. The highest BCUT2D eigenvalue weighted by molar-refractivity contribution is 7.09. The molecule has 2 atom stereocenters. The van der Waals surface area contributed by atoms with Crippen LogP contribution in [-0.2, 0) is 4.74 Å². The fourth-order valence-electron chi connectivity index (χ4n) is 2.73. The summed E-state index contributed by atoms with van der Waals surface area (Å²) in [6.45, 7) is 5.69. The largest absolute Gasteiger partial charge is 0.383 e. The molecule has 1 aliphatic rings. The summed E-state index contributed by atoms with van der Waals surface area (Å²) in [5, 5.41) is 9.02. The summed E-state index contributed by atoms with van der Waals surface area (Å²) in [5.74, 6) is 0. The van der Waals surface area contributed by atoms with Crippen LogP contribution in [0.1, 0.15) is 37.2 Å². The maximum atomic E-state index is 12.2. The van der Waals surface area contributed by atoms with Crippen LogP contribution >= 0.6 is 11.3 Å². The van der Waals surface area contributed by atoms with E-state index in [2.05, 4.69) is 27.4 Å². The number of likely N-dealkylation sites (tertiary alicyclic amines) is 1. The summed E-state index contributed by atoms with van der Waals surface area (Å²) >= 11 is 1.58. The van der Waals surface area contributed by atoms with Gasteiger partial charge in [-0.05, 0) is 25.8 Å². The molecular formula is C15H26N4O2S. The number of aromatic nitrogens is 1. The normalized spacial score (nSPS) is 20.5. The Morgan fingerprint density at radius 1 is 1.64 bits per heavy atom. The van der Waals surface area contributed by atoms with Crippen molar-refractivity contribution in [2.75, 3.05) is 33.4 Å². The van der Waals surface area contributed by atoms with E-state index >= 15 is 0 Å². The van der Waals surface area contributed by atoms with Crippen LogP contribution in [0.15, 0.2) is 11.6 Å². The van der Waals surface area contributed by atoms with E-state index in [4.69, 9.17) is 4.74 Å². The number of amides is 2. The Morgan fingerprint density at radius 2 is 2.50 bits per heavy atom. The molecule has 0 bridgehead atoms. The summed E-state index contributed by atoms with van der Waals surface area (Å²) < 4.78 is 5.12. The minimum Gasteiger partial charge on any atom is -0.383 e. The number of ether oxygens (including phenoxy) is 1. The van der Waals surface area contributed by atoms with E-state index in [0.717, 1.165) is 50.5 Å². The van der Waals surface area contributed by atoms with Crippen molar-refractivity contribution in [3.63, 3.8) is 0 Å². The van der Waals surface area contributed by atoms with E-state index in [1.165, 1.54) is 0 Å². The quantitative estimate of drug-likeness (QED) is 0.804. The van der Waals surface area contributed by atoms with Crippen molar-refractivity contribution in [1.29, 1.82) is 0 Å². The molecule has 124 valence electrons. The third-order valence-corrected chi connectivity index (χ3v) is 4.80. The molecule has 7 heteroatoms. The Morgan fingerprint density at radius 3 is 3.18 bits per heavy atom. The van der Waals surface area contributed by atoms with E-state index < -0.39 is 0 Å². The first-order chi connectivity index (χ1) is 10.7. The number of urea groups is 1. The van der Waals surface area contributed by atoms with Crippen molar-refractivity contribution in [3.8, 4) is 0 Å². The average molecular weight is 326 g/mol. The zero-order valence-electron chi connectivity index (χ0n) is 13.4. The number of nitrogens with zero attached hydrogens (tertiary/aromatic N) is 2. The Hall–Kier alpha value is -1.18. The van der Waals surface area contributed by atoms with Gasteiger partial charge in [-0.3, -0.25) is 4.90 Å². The Labute approximate surface area is 136 Å². The lowest BCUT2D eigenvalue weighted by Gasteiger charge is -2.33. The highest BCUT2D eigenvalue weighted by Gasteiger charge is 2.22. The molecule has 0 aliphatic carbocycles. The summed E-state index contributed by atoms with van der Waals surface area (Å²) in [6, 6.07) is 0.105. The van der Waals surface area contributed by atoms with E-state index in [0.29, 0.717) is 0 Å². The van der Waals surface area contributed by atoms with Crippen LogP contribution in [-0.4, -0.2) is 55.3 Å². The van der Waals surface area contributed by atoms with Gasteiger partial charge in [-0.1, -0.05) is 6.92 Å². The van der Waals surface area contributed by atoms with Gasteiger partial charge in [0.15, 0.2) is 0 Å². The monoisotopic (exact) mass is 326 g/mol. The molecule has 6 nitrogen and oxygen atoms in total. The van der Waals surface area contributed by atoms with Crippen molar-refractivity contribution in [2.45, 2.75) is 38.3 Å². The summed E-state index contributed by atoms with van der Waals surface area (Å²) in [7, 11) is 1.72. The molecule has 1 saturated heterocycles. The van der Waals surface area contributed by atoms with Gasteiger partial charge in [-0.15, -0.1) is 11.3 Å². The SMILES string of the molecule is CCC(NC(=O)NC1CCCN(CCOC)C1)c1nccs1. The van der Waals surface area contributed by atoms with Crippen LogP contribution in [0.5, 0.6) is 0 Å². The average Bonchev–Trinajstić information content (AvgIpc) is 3.05. The van der Waals surface area contributed by atoms with Crippen molar-refractivity contribution in [1.82, 2.24) is 20.5 Å². The first kappa shape index (κ1) is 17.2. The van der Waals surface area contributed by atoms with Crippen molar-refractivity contribution in [3.05, 3.63) is 16.6 Å². The second-order valence-electron chi connectivity index (χ2n) is 5.58. The van der Waals surface area contributed by atoms with Gasteiger partial charge in [0.2, 0.25) is 0 Å². The number of piperidine rings is 1. The first-order valence-electron chi connectivity index (χ1n) is 7.90. The maximum Gasteiger partial charge on any atom is 0.315 e. The molecule has 1 aromatic heterocycles. The third-order valence-electron chi connectivity index (χ3n) is 3.92. The number of carbonyl (C=O) groups is 1. The number of thiazole rings is 1. The summed E-state index contributed by atoms with van der Waals surface area (Å²) in [6.07, 6.45) is 4.76. The van der Waals surface area contributed by atoms with Crippen molar-refractivity contribution in [2.24, 2.45) is 0 Å². The smallest absolute Gasteiger partial charge is 0.315 e. The van der Waals surface area contributed by atoms with Gasteiger partial charge in [0, 0.05) is 37.8 Å². The summed E-state index contributed by atoms with van der Waals surface area (Å²) in [4.78, 5) is 18.8. The van der Waals surface area contributed by atoms with E-state index in [1.54, 1.807) is 24.6 Å². The predicted molar refractivity (Wildman–Crippen MR) is 88.2 cm³/mol. The number of carbonyl (C=O) groups excluding carboxylic acids is 1. The lowest BCUT2D eigenvalue weighted by atomic mass is 10.1. The standard InChI is InChI=1S/C15H26N4O2S/c1-3-13(14-16-6-10-22-14)18-15(20)17-12-5-4-7-19(11-12)8-9-21-2/h6,10,12-13H,3-5,7-9,11H2,1-2H3,(H2,17,18,20). The number of methoxy groups -OCH3 is 1. The van der Waals surface area contributed by atoms with E-state index in [1.807, 2.05) is 5.38 Å². The number of hydrogen-bond acceptors (Lipinski definition) is 5. The molecule has 2 rings (SSSR count). The van der Waals surface area contributed by atoms with Gasteiger partial charge in [-0.25, -0.2) is 9.78 Å². The highest BCUT2D eigenvalue weighted by Crippen LogP contribution is 2.18.